The first-order valence-electron chi connectivity index (χ1n) is 7.25. The van der Waals surface area contributed by atoms with Gasteiger partial charge in [0.05, 0.1) is 4.92 Å². The largest absolute Gasteiger partial charge is 0.370 e. The molecule has 0 saturated heterocycles. The first kappa shape index (κ1) is 14.6. The highest BCUT2D eigenvalue weighted by Crippen LogP contribution is 2.32. The Hall–Kier alpha value is -1.85. The fourth-order valence-corrected chi connectivity index (χ4v) is 2.76. The molecule has 0 amide bonds. The first-order valence-corrected chi connectivity index (χ1v) is 7.25. The van der Waals surface area contributed by atoms with Crippen LogP contribution in [0.2, 0.25) is 0 Å². The zero-order valence-corrected chi connectivity index (χ0v) is 12.1. The summed E-state index contributed by atoms with van der Waals surface area (Å²) >= 11 is 0. The van der Waals surface area contributed by atoms with Crippen LogP contribution in [0.3, 0.4) is 0 Å². The van der Waals surface area contributed by atoms with Gasteiger partial charge >= 0.3 is 5.69 Å². The number of aromatic nitrogens is 1. The summed E-state index contributed by atoms with van der Waals surface area (Å²) in [6.45, 7) is 2.73. The molecule has 6 heteroatoms. The van der Waals surface area contributed by atoms with Crippen molar-refractivity contribution in [2.24, 2.45) is 0 Å². The molecule has 110 valence electrons. The minimum Gasteiger partial charge on any atom is -0.370 e. The number of nitrogens with zero attached hydrogens (tertiary/aromatic N) is 3. The van der Waals surface area contributed by atoms with Gasteiger partial charge in [0.2, 0.25) is 5.82 Å². The van der Waals surface area contributed by atoms with Crippen LogP contribution in [0.25, 0.3) is 0 Å². The van der Waals surface area contributed by atoms with Crippen molar-refractivity contribution in [1.29, 1.82) is 0 Å². The molecule has 1 saturated carbocycles. The number of hydrogen-bond acceptors (Lipinski definition) is 5. The van der Waals surface area contributed by atoms with Crippen LogP contribution in [0.1, 0.15) is 39.0 Å². The molecule has 0 radical (unpaired) electrons. The lowest BCUT2D eigenvalue weighted by Crippen LogP contribution is -2.34. The molecule has 0 aliphatic heterocycles. The maximum absolute atomic E-state index is 11.2. The molecule has 1 aliphatic carbocycles. The number of rotatable bonds is 5. The normalized spacial score (nSPS) is 15.9. The lowest BCUT2D eigenvalue weighted by molar-refractivity contribution is -0.384. The summed E-state index contributed by atoms with van der Waals surface area (Å²) in [4.78, 5) is 17.3. The molecule has 2 rings (SSSR count). The monoisotopic (exact) mass is 278 g/mol. The summed E-state index contributed by atoms with van der Waals surface area (Å²) in [5, 5.41) is 14.3. The van der Waals surface area contributed by atoms with Crippen molar-refractivity contribution in [2.75, 3.05) is 23.8 Å². The Morgan fingerprint density at radius 2 is 2.10 bits per heavy atom. The molecule has 0 atom stereocenters. The van der Waals surface area contributed by atoms with E-state index >= 15 is 0 Å². The second-order valence-electron chi connectivity index (χ2n) is 5.23. The van der Waals surface area contributed by atoms with Gasteiger partial charge in [0.15, 0.2) is 0 Å². The van der Waals surface area contributed by atoms with E-state index in [1.54, 1.807) is 12.1 Å². The Morgan fingerprint density at radius 1 is 1.40 bits per heavy atom. The number of nitro groups is 1. The van der Waals surface area contributed by atoms with Crippen LogP contribution in [0.4, 0.5) is 17.3 Å². The minimum absolute atomic E-state index is 0.0831. The molecule has 0 spiro atoms. The van der Waals surface area contributed by atoms with Gasteiger partial charge in [-0.25, -0.2) is 4.98 Å². The SMILES string of the molecule is CCNc1ccc([N+](=O)[O-])c(N(C)C2CCCCC2)n1. The molecule has 1 fully saturated rings. The molecule has 0 unspecified atom stereocenters. The van der Waals surface area contributed by atoms with Gasteiger partial charge < -0.3 is 10.2 Å². The zero-order chi connectivity index (χ0) is 14.5. The number of pyridine rings is 1. The van der Waals surface area contributed by atoms with E-state index in [2.05, 4.69) is 10.3 Å². The molecular weight excluding hydrogens is 256 g/mol. The standard InChI is InChI=1S/C14H22N4O2/c1-3-15-13-10-9-12(18(19)20)14(16-13)17(2)11-7-5-4-6-8-11/h9-11H,3-8H2,1-2H3,(H,15,16). The summed E-state index contributed by atoms with van der Waals surface area (Å²) in [6, 6.07) is 3.56. The fraction of sp³-hybridized carbons (Fsp3) is 0.643. The highest BCUT2D eigenvalue weighted by Gasteiger charge is 2.26. The van der Waals surface area contributed by atoms with Crippen molar-refractivity contribution in [3.8, 4) is 0 Å². The van der Waals surface area contributed by atoms with E-state index in [9.17, 15) is 10.1 Å². The summed E-state index contributed by atoms with van der Waals surface area (Å²) in [5.74, 6) is 1.16. The van der Waals surface area contributed by atoms with E-state index in [0.29, 0.717) is 17.7 Å². The van der Waals surface area contributed by atoms with E-state index in [1.165, 1.54) is 19.3 Å². The topological polar surface area (TPSA) is 71.3 Å². The van der Waals surface area contributed by atoms with Crippen LogP contribution in [-0.4, -0.2) is 29.5 Å². The molecule has 1 aliphatic rings. The second kappa shape index (κ2) is 6.54. The molecule has 1 heterocycles. The van der Waals surface area contributed by atoms with Crippen LogP contribution in [0, 0.1) is 10.1 Å². The van der Waals surface area contributed by atoms with Crippen molar-refractivity contribution in [2.45, 2.75) is 45.1 Å². The predicted octanol–water partition coefficient (Wildman–Crippen LogP) is 3.19. The van der Waals surface area contributed by atoms with E-state index < -0.39 is 0 Å². The molecule has 20 heavy (non-hydrogen) atoms. The molecule has 6 nitrogen and oxygen atoms in total. The van der Waals surface area contributed by atoms with Gasteiger partial charge in [0.25, 0.3) is 0 Å². The van der Waals surface area contributed by atoms with Crippen molar-refractivity contribution in [3.05, 3.63) is 22.2 Å². The lowest BCUT2D eigenvalue weighted by atomic mass is 9.94. The summed E-state index contributed by atoms with van der Waals surface area (Å²) in [5.41, 5.74) is 0.0831. The molecule has 0 bridgehead atoms. The van der Waals surface area contributed by atoms with Gasteiger partial charge in [0, 0.05) is 25.7 Å². The third kappa shape index (κ3) is 3.18. The van der Waals surface area contributed by atoms with Crippen LogP contribution >= 0.6 is 0 Å². The Kier molecular flexibility index (Phi) is 4.76. The third-order valence-corrected chi connectivity index (χ3v) is 3.87. The van der Waals surface area contributed by atoms with Gasteiger partial charge in [0.1, 0.15) is 5.82 Å². The van der Waals surface area contributed by atoms with Gasteiger partial charge in [-0.3, -0.25) is 10.1 Å². The van der Waals surface area contributed by atoms with E-state index in [4.69, 9.17) is 0 Å². The molecular formula is C14H22N4O2. The van der Waals surface area contributed by atoms with Crippen molar-refractivity contribution in [1.82, 2.24) is 4.98 Å². The average molecular weight is 278 g/mol. The van der Waals surface area contributed by atoms with Crippen LogP contribution < -0.4 is 10.2 Å². The Morgan fingerprint density at radius 3 is 2.70 bits per heavy atom. The van der Waals surface area contributed by atoms with E-state index in [0.717, 1.165) is 19.4 Å². The molecule has 1 N–H and O–H groups in total. The highest BCUT2D eigenvalue weighted by atomic mass is 16.6. The average Bonchev–Trinajstić information content (AvgIpc) is 2.47. The Labute approximate surface area is 119 Å². The fourth-order valence-electron chi connectivity index (χ4n) is 2.76. The zero-order valence-electron chi connectivity index (χ0n) is 12.1. The smallest absolute Gasteiger partial charge is 0.311 e. The van der Waals surface area contributed by atoms with Gasteiger partial charge in [-0.05, 0) is 25.8 Å². The number of nitrogens with one attached hydrogen (secondary N) is 1. The van der Waals surface area contributed by atoms with Crippen LogP contribution in [0.5, 0.6) is 0 Å². The van der Waals surface area contributed by atoms with Crippen molar-refractivity contribution < 1.29 is 4.92 Å². The van der Waals surface area contributed by atoms with E-state index in [-0.39, 0.29) is 10.6 Å². The molecule has 0 aromatic carbocycles. The maximum atomic E-state index is 11.2. The summed E-state index contributed by atoms with van der Waals surface area (Å²) in [7, 11) is 1.92. The summed E-state index contributed by atoms with van der Waals surface area (Å²) < 4.78 is 0. The van der Waals surface area contributed by atoms with Crippen molar-refractivity contribution in [3.63, 3.8) is 0 Å². The Bertz CT molecular complexity index is 472. The number of anilines is 2. The minimum atomic E-state index is -0.350. The summed E-state index contributed by atoms with van der Waals surface area (Å²) in [6.07, 6.45) is 5.81. The molecule has 1 aromatic rings. The highest BCUT2D eigenvalue weighted by molar-refractivity contribution is 5.62. The predicted molar refractivity (Wildman–Crippen MR) is 80.3 cm³/mol. The molecule has 1 aromatic heterocycles. The van der Waals surface area contributed by atoms with Gasteiger partial charge in [-0.15, -0.1) is 0 Å². The lowest BCUT2D eigenvalue weighted by Gasteiger charge is -2.31. The van der Waals surface area contributed by atoms with Crippen LogP contribution in [-0.2, 0) is 0 Å². The van der Waals surface area contributed by atoms with Crippen molar-refractivity contribution >= 4 is 17.3 Å². The second-order valence-corrected chi connectivity index (χ2v) is 5.23. The first-order chi connectivity index (χ1) is 9.63. The quantitative estimate of drug-likeness (QED) is 0.661. The van der Waals surface area contributed by atoms with Gasteiger partial charge in [-0.1, -0.05) is 19.3 Å². The van der Waals surface area contributed by atoms with Crippen LogP contribution in [0.15, 0.2) is 12.1 Å². The number of hydrogen-bond donors (Lipinski definition) is 1. The van der Waals surface area contributed by atoms with Gasteiger partial charge in [-0.2, -0.15) is 0 Å². The maximum Gasteiger partial charge on any atom is 0.311 e. The van der Waals surface area contributed by atoms with E-state index in [1.807, 2.05) is 18.9 Å². The third-order valence-electron chi connectivity index (χ3n) is 3.87. The Balaban J connectivity index is 2.30.